The quantitative estimate of drug-likeness (QED) is 0.418. The predicted octanol–water partition coefficient (Wildman–Crippen LogP) is -0.130. The van der Waals surface area contributed by atoms with Gasteiger partial charge in [-0.25, -0.2) is 9.59 Å². The van der Waals surface area contributed by atoms with Crippen molar-refractivity contribution in [3.63, 3.8) is 0 Å². The van der Waals surface area contributed by atoms with Crippen LogP contribution in [0.4, 0.5) is 0 Å². The minimum atomic E-state index is -1.82. The molecule has 0 aromatic carbocycles. The van der Waals surface area contributed by atoms with E-state index < -0.39 is 11.9 Å². The molecule has 47 valence electrons. The fourth-order valence-corrected chi connectivity index (χ4v) is 0. The second-order valence-corrected chi connectivity index (χ2v) is 0.610. The molecule has 0 aliphatic carbocycles. The van der Waals surface area contributed by atoms with Crippen molar-refractivity contribution in [2.75, 3.05) is 0 Å². The minimum Gasteiger partial charge on any atom is -0.693 e. The number of carbonyl (C=O) groups is 2. The first-order chi connectivity index (χ1) is 2.64. The van der Waals surface area contributed by atoms with E-state index in [9.17, 15) is 0 Å². The van der Waals surface area contributed by atoms with Crippen LogP contribution in [-0.2, 0) is 32.0 Å². The molecule has 0 unspecified atom stereocenters. The van der Waals surface area contributed by atoms with E-state index >= 15 is 0 Å². The molecular formula is C2H4NNbO4-. The van der Waals surface area contributed by atoms with Gasteiger partial charge in [-0.3, -0.25) is 0 Å². The Labute approximate surface area is 60.8 Å². The molecule has 5 nitrogen and oxygen atoms in total. The van der Waals surface area contributed by atoms with E-state index in [0.29, 0.717) is 0 Å². The summed E-state index contributed by atoms with van der Waals surface area (Å²) < 4.78 is 0. The second kappa shape index (κ2) is 6.64. The number of hydrogen-bond donors (Lipinski definition) is 2. The summed E-state index contributed by atoms with van der Waals surface area (Å²) in [7, 11) is 0. The van der Waals surface area contributed by atoms with Crippen LogP contribution in [0.2, 0.25) is 0 Å². The van der Waals surface area contributed by atoms with Crippen molar-refractivity contribution in [2.45, 2.75) is 0 Å². The van der Waals surface area contributed by atoms with Gasteiger partial charge in [-0.2, -0.15) is 0 Å². The average Bonchev–Trinajstić information content (AvgIpc) is 1.36. The van der Waals surface area contributed by atoms with Gasteiger partial charge >= 0.3 is 11.9 Å². The van der Waals surface area contributed by atoms with Crippen LogP contribution in [0.25, 0.3) is 6.15 Å². The smallest absolute Gasteiger partial charge is 0.414 e. The first-order valence-corrected chi connectivity index (χ1v) is 1.11. The summed E-state index contributed by atoms with van der Waals surface area (Å²) in [6, 6.07) is 0. The van der Waals surface area contributed by atoms with Crippen LogP contribution in [0, 0.1) is 0 Å². The molecule has 0 bridgehead atoms. The van der Waals surface area contributed by atoms with Gasteiger partial charge in [0.05, 0.1) is 0 Å². The van der Waals surface area contributed by atoms with E-state index in [4.69, 9.17) is 19.8 Å². The van der Waals surface area contributed by atoms with Gasteiger partial charge in [-0.1, -0.05) is 0 Å². The first kappa shape index (κ1) is 15.6. The van der Waals surface area contributed by atoms with Crippen molar-refractivity contribution in [1.29, 1.82) is 0 Å². The summed E-state index contributed by atoms with van der Waals surface area (Å²) in [6.07, 6.45) is 0. The molecular weight excluding hydrogens is 195 g/mol. The van der Waals surface area contributed by atoms with Crippen LogP contribution < -0.4 is 0 Å². The zero-order chi connectivity index (χ0) is 5.15. The van der Waals surface area contributed by atoms with Crippen LogP contribution in [-0.4, -0.2) is 22.2 Å². The Kier molecular flexibility index (Phi) is 13.0. The molecule has 0 heterocycles. The first-order valence-electron chi connectivity index (χ1n) is 1.11. The summed E-state index contributed by atoms with van der Waals surface area (Å²) in [5.74, 6) is -3.65. The zero-order valence-corrected chi connectivity index (χ0v) is 5.93. The Hall–Kier alpha value is -0.360. The van der Waals surface area contributed by atoms with Gasteiger partial charge in [0.1, 0.15) is 0 Å². The molecule has 0 aliphatic heterocycles. The topological polar surface area (TPSA) is 108 Å². The number of aliphatic carboxylic acids is 2. The van der Waals surface area contributed by atoms with E-state index in [1.54, 1.807) is 0 Å². The van der Waals surface area contributed by atoms with Crippen molar-refractivity contribution < 1.29 is 42.2 Å². The average molecular weight is 199 g/mol. The number of nitrogens with two attached hydrogens (primary N) is 1. The molecule has 6 heteroatoms. The van der Waals surface area contributed by atoms with E-state index in [1.165, 1.54) is 0 Å². The maximum atomic E-state index is 9.10. The maximum absolute atomic E-state index is 9.10. The van der Waals surface area contributed by atoms with Crippen molar-refractivity contribution in [3.8, 4) is 0 Å². The van der Waals surface area contributed by atoms with Crippen LogP contribution in [0.1, 0.15) is 0 Å². The van der Waals surface area contributed by atoms with Gasteiger partial charge in [0.25, 0.3) is 0 Å². The van der Waals surface area contributed by atoms with Crippen molar-refractivity contribution >= 4 is 11.9 Å². The summed E-state index contributed by atoms with van der Waals surface area (Å²) >= 11 is 0. The van der Waals surface area contributed by atoms with E-state index in [0.717, 1.165) is 0 Å². The van der Waals surface area contributed by atoms with Crippen LogP contribution in [0.5, 0.6) is 0 Å². The third-order valence-electron chi connectivity index (χ3n) is 0.183. The third-order valence-corrected chi connectivity index (χ3v) is 0.183. The van der Waals surface area contributed by atoms with Gasteiger partial charge in [-0.15, -0.1) is 0 Å². The van der Waals surface area contributed by atoms with E-state index in [1.807, 2.05) is 0 Å². The number of hydrogen-bond acceptors (Lipinski definition) is 2. The normalized spacial score (nSPS) is 5.50. The van der Waals surface area contributed by atoms with Crippen molar-refractivity contribution in [1.82, 2.24) is 0 Å². The Balaban J connectivity index is -0.000000125. The minimum absolute atomic E-state index is 0. The summed E-state index contributed by atoms with van der Waals surface area (Å²) in [5.41, 5.74) is 0. The third kappa shape index (κ3) is 9.16. The molecule has 0 spiro atoms. The maximum Gasteiger partial charge on any atom is 0.414 e. The predicted molar refractivity (Wildman–Crippen MR) is 20.6 cm³/mol. The number of rotatable bonds is 0. The Morgan fingerprint density at radius 1 is 1.00 bits per heavy atom. The number of carboxylic acids is 2. The molecule has 0 fully saturated rings. The second-order valence-electron chi connectivity index (χ2n) is 0.610. The molecule has 0 aromatic heterocycles. The molecule has 0 saturated carbocycles. The fraction of sp³-hybridized carbons (Fsp3) is 0. The fourth-order valence-electron chi connectivity index (χ4n) is 0. The number of carboxylic acid groups (broad SMARTS) is 2. The van der Waals surface area contributed by atoms with Crippen molar-refractivity contribution in [3.05, 3.63) is 6.15 Å². The molecule has 1 radical (unpaired) electrons. The summed E-state index contributed by atoms with van der Waals surface area (Å²) in [6.45, 7) is 0. The van der Waals surface area contributed by atoms with E-state index in [2.05, 4.69) is 0 Å². The largest absolute Gasteiger partial charge is 0.693 e. The summed E-state index contributed by atoms with van der Waals surface area (Å²) in [5, 5.41) is 14.8. The van der Waals surface area contributed by atoms with Crippen LogP contribution >= 0.6 is 0 Å². The molecule has 0 amide bonds. The Morgan fingerprint density at radius 3 is 1.12 bits per heavy atom. The molecule has 0 aromatic rings. The molecule has 0 aliphatic rings. The zero-order valence-electron chi connectivity index (χ0n) is 3.74. The SMILES string of the molecule is O=C(O)C(=O)O.[NH2-].[Nb]. The van der Waals surface area contributed by atoms with Crippen molar-refractivity contribution in [2.24, 2.45) is 0 Å². The molecule has 8 heavy (non-hydrogen) atoms. The van der Waals surface area contributed by atoms with Crippen LogP contribution in [0.3, 0.4) is 0 Å². The van der Waals surface area contributed by atoms with Gasteiger partial charge in [0.2, 0.25) is 0 Å². The van der Waals surface area contributed by atoms with Gasteiger partial charge in [0, 0.05) is 22.4 Å². The molecule has 0 saturated heterocycles. The van der Waals surface area contributed by atoms with Gasteiger partial charge < -0.3 is 16.4 Å². The Morgan fingerprint density at radius 2 is 1.12 bits per heavy atom. The van der Waals surface area contributed by atoms with Gasteiger partial charge in [-0.05, 0) is 0 Å². The van der Waals surface area contributed by atoms with Gasteiger partial charge in [0.15, 0.2) is 0 Å². The van der Waals surface area contributed by atoms with Crippen LogP contribution in [0.15, 0.2) is 0 Å². The Bertz CT molecular complexity index is 80.0. The van der Waals surface area contributed by atoms with E-state index in [-0.39, 0.29) is 28.5 Å². The summed E-state index contributed by atoms with van der Waals surface area (Å²) in [4.78, 5) is 18.2. The molecule has 0 atom stereocenters. The molecule has 0 rings (SSSR count). The standard InChI is InChI=1S/C2H2O4.H2N.Nb/c3-1(4)2(5)6;;/h(H,3,4)(H,5,6);1H2;/q;-1;. The molecule has 4 N–H and O–H groups in total. The monoisotopic (exact) mass is 199 g/mol.